The van der Waals surface area contributed by atoms with E-state index in [0.717, 1.165) is 0 Å². The van der Waals surface area contributed by atoms with E-state index in [4.69, 9.17) is 15.3 Å². The molecular weight excluding hydrogens is 228 g/mol. The fourth-order valence-electron chi connectivity index (χ4n) is 1.19. The number of hydrogen-bond donors (Lipinski definition) is 3. The average molecular weight is 240 g/mol. The molecule has 0 spiro atoms. The number of furan rings is 1. The molecule has 0 radical (unpaired) electrons. The summed E-state index contributed by atoms with van der Waals surface area (Å²) >= 11 is 0. The fraction of sp³-hybridized carbons (Fsp3) is 0.300. The van der Waals surface area contributed by atoms with E-state index < -0.39 is 30.2 Å². The number of nitrogens with one attached hydrogen (secondary N) is 1. The Bertz CT molecular complexity index is 451. The molecule has 0 saturated heterocycles. The molecule has 0 bridgehead atoms. The summed E-state index contributed by atoms with van der Waals surface area (Å²) in [5.74, 6) is -2.34. The lowest BCUT2D eigenvalue weighted by atomic mass is 10.2. The molecule has 92 valence electrons. The summed E-state index contributed by atoms with van der Waals surface area (Å²) in [4.78, 5) is 32.9. The van der Waals surface area contributed by atoms with E-state index in [9.17, 15) is 14.4 Å². The predicted octanol–water partition coefficient (Wildman–Crippen LogP) is -0.354. The molecule has 0 aliphatic heterocycles. The summed E-state index contributed by atoms with van der Waals surface area (Å²) in [6, 6.07) is 1.62. The number of carboxylic acid groups (broad SMARTS) is 1. The molecule has 7 nitrogen and oxygen atoms in total. The van der Waals surface area contributed by atoms with Crippen LogP contribution in [0.25, 0.3) is 0 Å². The summed E-state index contributed by atoms with van der Waals surface area (Å²) in [5.41, 5.74) is 4.87. The van der Waals surface area contributed by atoms with Crippen molar-refractivity contribution in [1.82, 2.24) is 5.32 Å². The summed E-state index contributed by atoms with van der Waals surface area (Å²) in [6.45, 7) is 1.65. The molecule has 4 N–H and O–H groups in total. The van der Waals surface area contributed by atoms with Gasteiger partial charge in [0.15, 0.2) is 5.76 Å². The van der Waals surface area contributed by atoms with Crippen molar-refractivity contribution in [3.63, 3.8) is 0 Å². The second-order valence-electron chi connectivity index (χ2n) is 3.45. The standard InChI is InChI=1S/C10H12N2O5/c1-5-2-3-7(17-5)9(14)12-6(10(15)16)4-8(11)13/h2-3,6H,4H2,1H3,(H2,11,13)(H,12,14)(H,15,16)/t6-/m0/s1. The van der Waals surface area contributed by atoms with E-state index in [1.54, 1.807) is 13.0 Å². The van der Waals surface area contributed by atoms with Gasteiger partial charge in [0.25, 0.3) is 5.91 Å². The smallest absolute Gasteiger partial charge is 0.326 e. The van der Waals surface area contributed by atoms with Crippen LogP contribution in [0.2, 0.25) is 0 Å². The third-order valence-corrected chi connectivity index (χ3v) is 1.97. The maximum atomic E-state index is 11.5. The topological polar surface area (TPSA) is 123 Å². The van der Waals surface area contributed by atoms with Crippen LogP contribution in [0.3, 0.4) is 0 Å². The summed E-state index contributed by atoms with van der Waals surface area (Å²) in [5, 5.41) is 10.9. The highest BCUT2D eigenvalue weighted by Gasteiger charge is 2.23. The number of carbonyl (C=O) groups is 3. The highest BCUT2D eigenvalue weighted by atomic mass is 16.4. The van der Waals surface area contributed by atoms with E-state index in [2.05, 4.69) is 5.32 Å². The fourth-order valence-corrected chi connectivity index (χ4v) is 1.19. The van der Waals surface area contributed by atoms with Crippen LogP contribution >= 0.6 is 0 Å². The lowest BCUT2D eigenvalue weighted by molar-refractivity contribution is -0.140. The van der Waals surface area contributed by atoms with Gasteiger partial charge < -0.3 is 20.6 Å². The lowest BCUT2D eigenvalue weighted by Crippen LogP contribution is -2.43. The number of rotatable bonds is 5. The molecule has 1 atom stereocenters. The zero-order valence-electron chi connectivity index (χ0n) is 9.10. The van der Waals surface area contributed by atoms with E-state index in [-0.39, 0.29) is 5.76 Å². The van der Waals surface area contributed by atoms with Crippen LogP contribution in [0.5, 0.6) is 0 Å². The normalized spacial score (nSPS) is 11.8. The van der Waals surface area contributed by atoms with Crippen molar-refractivity contribution in [1.29, 1.82) is 0 Å². The maximum absolute atomic E-state index is 11.5. The van der Waals surface area contributed by atoms with Crippen molar-refractivity contribution >= 4 is 17.8 Å². The maximum Gasteiger partial charge on any atom is 0.326 e. The van der Waals surface area contributed by atoms with Gasteiger partial charge in [-0.25, -0.2) is 4.79 Å². The molecular formula is C10H12N2O5. The Balaban J connectivity index is 2.70. The van der Waals surface area contributed by atoms with Crippen LogP contribution in [0.15, 0.2) is 16.5 Å². The molecule has 1 heterocycles. The first-order chi connectivity index (χ1) is 7.90. The number of aliphatic carboxylic acids is 1. The molecule has 0 aliphatic rings. The Morgan fingerprint density at radius 2 is 2.12 bits per heavy atom. The molecule has 0 saturated carbocycles. The lowest BCUT2D eigenvalue weighted by Gasteiger charge is -2.11. The molecule has 7 heteroatoms. The van der Waals surface area contributed by atoms with Gasteiger partial charge in [0.1, 0.15) is 11.8 Å². The van der Waals surface area contributed by atoms with Crippen LogP contribution in [0, 0.1) is 6.92 Å². The van der Waals surface area contributed by atoms with Gasteiger partial charge in [-0.1, -0.05) is 0 Å². The predicted molar refractivity (Wildman–Crippen MR) is 56.1 cm³/mol. The zero-order valence-corrected chi connectivity index (χ0v) is 9.10. The number of nitrogens with two attached hydrogens (primary N) is 1. The Morgan fingerprint density at radius 1 is 1.47 bits per heavy atom. The van der Waals surface area contributed by atoms with E-state index in [1.807, 2.05) is 0 Å². The van der Waals surface area contributed by atoms with Gasteiger partial charge in [0.2, 0.25) is 5.91 Å². The first kappa shape index (κ1) is 12.8. The second kappa shape index (κ2) is 5.15. The Morgan fingerprint density at radius 3 is 2.53 bits per heavy atom. The van der Waals surface area contributed by atoms with Gasteiger partial charge in [0, 0.05) is 0 Å². The van der Waals surface area contributed by atoms with E-state index in [0.29, 0.717) is 5.76 Å². The summed E-state index contributed by atoms with van der Waals surface area (Å²) < 4.78 is 5.01. The van der Waals surface area contributed by atoms with Crippen LogP contribution in [-0.4, -0.2) is 28.9 Å². The van der Waals surface area contributed by atoms with E-state index in [1.165, 1.54) is 6.07 Å². The molecule has 0 aromatic carbocycles. The number of amides is 2. The van der Waals surface area contributed by atoms with Crippen molar-refractivity contribution in [3.05, 3.63) is 23.7 Å². The number of carbonyl (C=O) groups excluding carboxylic acids is 2. The molecule has 2 amide bonds. The first-order valence-electron chi connectivity index (χ1n) is 4.78. The number of aryl methyl sites for hydroxylation is 1. The quantitative estimate of drug-likeness (QED) is 0.649. The zero-order chi connectivity index (χ0) is 13.0. The molecule has 1 aromatic rings. The number of primary amides is 1. The van der Waals surface area contributed by atoms with Crippen LogP contribution in [0.1, 0.15) is 22.7 Å². The van der Waals surface area contributed by atoms with Crippen molar-refractivity contribution in [2.75, 3.05) is 0 Å². The van der Waals surface area contributed by atoms with Gasteiger partial charge in [-0.3, -0.25) is 9.59 Å². The number of hydrogen-bond acceptors (Lipinski definition) is 4. The van der Waals surface area contributed by atoms with Crippen molar-refractivity contribution in [2.45, 2.75) is 19.4 Å². The largest absolute Gasteiger partial charge is 0.480 e. The highest BCUT2D eigenvalue weighted by molar-refractivity contribution is 5.95. The van der Waals surface area contributed by atoms with E-state index >= 15 is 0 Å². The molecule has 17 heavy (non-hydrogen) atoms. The summed E-state index contributed by atoms with van der Waals surface area (Å²) in [7, 11) is 0. The minimum atomic E-state index is -1.36. The molecule has 1 aromatic heterocycles. The molecule has 0 unspecified atom stereocenters. The van der Waals surface area contributed by atoms with Gasteiger partial charge in [0.05, 0.1) is 6.42 Å². The highest BCUT2D eigenvalue weighted by Crippen LogP contribution is 2.06. The van der Waals surface area contributed by atoms with Gasteiger partial charge in [-0.05, 0) is 19.1 Å². The third kappa shape index (κ3) is 3.63. The van der Waals surface area contributed by atoms with Crippen molar-refractivity contribution in [3.8, 4) is 0 Å². The molecule has 0 aliphatic carbocycles. The first-order valence-corrected chi connectivity index (χ1v) is 4.78. The SMILES string of the molecule is Cc1ccc(C(=O)N[C@@H](CC(N)=O)C(=O)O)o1. The van der Waals surface area contributed by atoms with Crippen molar-refractivity contribution in [2.24, 2.45) is 5.73 Å². The average Bonchev–Trinajstić information content (AvgIpc) is 2.63. The van der Waals surface area contributed by atoms with Crippen LogP contribution < -0.4 is 11.1 Å². The number of carboxylic acids is 1. The summed E-state index contributed by atoms with van der Waals surface area (Å²) in [6.07, 6.45) is -0.471. The van der Waals surface area contributed by atoms with Gasteiger partial charge in [-0.2, -0.15) is 0 Å². The Labute approximate surface area is 96.6 Å². The molecule has 0 fully saturated rings. The second-order valence-corrected chi connectivity index (χ2v) is 3.45. The third-order valence-electron chi connectivity index (χ3n) is 1.97. The van der Waals surface area contributed by atoms with Crippen LogP contribution in [-0.2, 0) is 9.59 Å². The van der Waals surface area contributed by atoms with Gasteiger partial charge in [-0.15, -0.1) is 0 Å². The minimum absolute atomic E-state index is 0.0155. The minimum Gasteiger partial charge on any atom is -0.480 e. The van der Waals surface area contributed by atoms with Crippen molar-refractivity contribution < 1.29 is 23.9 Å². The van der Waals surface area contributed by atoms with Gasteiger partial charge >= 0.3 is 5.97 Å². The molecule has 1 rings (SSSR count). The van der Waals surface area contributed by atoms with Crippen LogP contribution in [0.4, 0.5) is 0 Å². The Kier molecular flexibility index (Phi) is 3.86. The Hall–Kier alpha value is -2.31. The monoisotopic (exact) mass is 240 g/mol.